The van der Waals surface area contributed by atoms with Crippen LogP contribution in [0.25, 0.3) is 10.8 Å². The molecule has 0 heterocycles. The predicted molar refractivity (Wildman–Crippen MR) is 56.9 cm³/mol. The highest BCUT2D eigenvalue weighted by Gasteiger charge is 1.96. The Labute approximate surface area is 78.4 Å². The normalized spacial score (nSPS) is 10.2. The molecular formula is C12H12N. The second kappa shape index (κ2) is 3.48. The monoisotopic (exact) mass is 170 g/mol. The van der Waals surface area contributed by atoms with E-state index in [1.165, 1.54) is 16.5 Å². The highest BCUT2D eigenvalue weighted by Crippen LogP contribution is 2.21. The van der Waals surface area contributed by atoms with E-state index in [2.05, 4.69) is 42.6 Å². The summed E-state index contributed by atoms with van der Waals surface area (Å²) in [6, 6.07) is 15.5. The van der Waals surface area contributed by atoms with Gasteiger partial charge < -0.3 is 5.32 Å². The van der Waals surface area contributed by atoms with Crippen molar-refractivity contribution in [2.24, 2.45) is 0 Å². The maximum absolute atomic E-state index is 3.33. The number of fused-ring (bicyclic) bond motifs is 1. The van der Waals surface area contributed by atoms with E-state index in [0.29, 0.717) is 0 Å². The van der Waals surface area contributed by atoms with E-state index in [1.807, 2.05) is 12.1 Å². The molecule has 2 rings (SSSR count). The number of anilines is 1. The Morgan fingerprint density at radius 1 is 1.23 bits per heavy atom. The Balaban J connectivity index is 2.61. The lowest BCUT2D eigenvalue weighted by Crippen LogP contribution is -1.96. The van der Waals surface area contributed by atoms with Gasteiger partial charge in [0.15, 0.2) is 0 Å². The lowest BCUT2D eigenvalue weighted by molar-refractivity contribution is 1.22. The van der Waals surface area contributed by atoms with Crippen molar-refractivity contribution >= 4 is 16.5 Å². The molecule has 0 fully saturated rings. The number of benzene rings is 2. The van der Waals surface area contributed by atoms with Crippen LogP contribution in [0.1, 0.15) is 6.92 Å². The van der Waals surface area contributed by atoms with Crippen molar-refractivity contribution in [1.29, 1.82) is 0 Å². The molecule has 0 bridgehead atoms. The van der Waals surface area contributed by atoms with E-state index in [0.717, 1.165) is 6.54 Å². The SMILES string of the molecule is CCNc1cccc2[c]cccc12. The fourth-order valence-corrected chi connectivity index (χ4v) is 1.50. The van der Waals surface area contributed by atoms with Gasteiger partial charge in [-0.1, -0.05) is 30.3 Å². The third kappa shape index (κ3) is 1.50. The maximum Gasteiger partial charge on any atom is 0.0419 e. The minimum absolute atomic E-state index is 0.952. The molecule has 0 aliphatic rings. The van der Waals surface area contributed by atoms with Crippen molar-refractivity contribution in [3.63, 3.8) is 0 Å². The summed E-state index contributed by atoms with van der Waals surface area (Å²) < 4.78 is 0. The molecule has 1 nitrogen and oxygen atoms in total. The quantitative estimate of drug-likeness (QED) is 0.730. The smallest absolute Gasteiger partial charge is 0.0419 e. The van der Waals surface area contributed by atoms with Crippen molar-refractivity contribution in [2.75, 3.05) is 11.9 Å². The zero-order valence-corrected chi connectivity index (χ0v) is 7.67. The largest absolute Gasteiger partial charge is 0.385 e. The molecule has 0 aromatic heterocycles. The van der Waals surface area contributed by atoms with Crippen LogP contribution in [0.5, 0.6) is 0 Å². The minimum atomic E-state index is 0.952. The summed E-state index contributed by atoms with van der Waals surface area (Å²) in [5.41, 5.74) is 1.19. The Bertz CT molecular complexity index is 401. The molecular weight excluding hydrogens is 158 g/mol. The summed E-state index contributed by atoms with van der Waals surface area (Å²) in [7, 11) is 0. The minimum Gasteiger partial charge on any atom is -0.385 e. The lowest BCUT2D eigenvalue weighted by atomic mass is 10.1. The molecule has 0 aliphatic carbocycles. The van der Waals surface area contributed by atoms with E-state index < -0.39 is 0 Å². The van der Waals surface area contributed by atoms with Crippen LogP contribution in [0.2, 0.25) is 0 Å². The van der Waals surface area contributed by atoms with Crippen LogP contribution >= 0.6 is 0 Å². The van der Waals surface area contributed by atoms with Crippen LogP contribution in [0, 0.1) is 6.07 Å². The van der Waals surface area contributed by atoms with Crippen LogP contribution in [-0.4, -0.2) is 6.54 Å². The number of nitrogens with one attached hydrogen (secondary N) is 1. The van der Waals surface area contributed by atoms with E-state index in [-0.39, 0.29) is 0 Å². The first-order valence-corrected chi connectivity index (χ1v) is 4.55. The van der Waals surface area contributed by atoms with Crippen LogP contribution in [0.3, 0.4) is 0 Å². The summed E-state index contributed by atoms with van der Waals surface area (Å²) in [4.78, 5) is 0. The molecule has 1 N–H and O–H groups in total. The van der Waals surface area contributed by atoms with Gasteiger partial charge in [-0.05, 0) is 24.4 Å². The zero-order valence-electron chi connectivity index (χ0n) is 7.67. The molecule has 0 spiro atoms. The number of hydrogen-bond donors (Lipinski definition) is 1. The van der Waals surface area contributed by atoms with Crippen molar-refractivity contribution in [3.8, 4) is 0 Å². The summed E-state index contributed by atoms with van der Waals surface area (Å²) in [5, 5.41) is 5.74. The molecule has 0 unspecified atom stereocenters. The molecule has 1 radical (unpaired) electrons. The summed E-state index contributed by atoms with van der Waals surface area (Å²) >= 11 is 0. The molecule has 0 aliphatic heterocycles. The van der Waals surface area contributed by atoms with E-state index in [9.17, 15) is 0 Å². The van der Waals surface area contributed by atoms with Crippen molar-refractivity contribution in [3.05, 3.63) is 42.5 Å². The first kappa shape index (κ1) is 8.11. The highest BCUT2D eigenvalue weighted by atomic mass is 14.8. The van der Waals surface area contributed by atoms with Gasteiger partial charge in [-0.15, -0.1) is 0 Å². The highest BCUT2D eigenvalue weighted by molar-refractivity contribution is 5.93. The van der Waals surface area contributed by atoms with Crippen LogP contribution < -0.4 is 5.32 Å². The van der Waals surface area contributed by atoms with Crippen LogP contribution in [0.4, 0.5) is 5.69 Å². The van der Waals surface area contributed by atoms with Crippen molar-refractivity contribution in [1.82, 2.24) is 0 Å². The molecule has 65 valence electrons. The van der Waals surface area contributed by atoms with Crippen molar-refractivity contribution < 1.29 is 0 Å². The van der Waals surface area contributed by atoms with Gasteiger partial charge in [0.25, 0.3) is 0 Å². The van der Waals surface area contributed by atoms with E-state index >= 15 is 0 Å². The van der Waals surface area contributed by atoms with Crippen LogP contribution in [-0.2, 0) is 0 Å². The molecule has 1 heteroatoms. The number of rotatable bonds is 2. The van der Waals surface area contributed by atoms with E-state index in [4.69, 9.17) is 0 Å². The maximum atomic E-state index is 3.33. The molecule has 0 atom stereocenters. The second-order valence-corrected chi connectivity index (χ2v) is 2.97. The van der Waals surface area contributed by atoms with E-state index in [1.54, 1.807) is 0 Å². The molecule has 2 aromatic carbocycles. The summed E-state index contributed by atoms with van der Waals surface area (Å²) in [5.74, 6) is 0. The molecule has 0 saturated heterocycles. The van der Waals surface area contributed by atoms with Gasteiger partial charge in [-0.25, -0.2) is 0 Å². The van der Waals surface area contributed by atoms with Gasteiger partial charge in [0, 0.05) is 17.6 Å². The Hall–Kier alpha value is -1.50. The van der Waals surface area contributed by atoms with Gasteiger partial charge in [-0.3, -0.25) is 0 Å². The van der Waals surface area contributed by atoms with Gasteiger partial charge >= 0.3 is 0 Å². The van der Waals surface area contributed by atoms with Gasteiger partial charge in [-0.2, -0.15) is 0 Å². The topological polar surface area (TPSA) is 12.0 Å². The molecule has 0 saturated carbocycles. The van der Waals surface area contributed by atoms with Gasteiger partial charge in [0.2, 0.25) is 0 Å². The summed E-state index contributed by atoms with van der Waals surface area (Å²) in [6.07, 6.45) is 0. The van der Waals surface area contributed by atoms with Gasteiger partial charge in [0.05, 0.1) is 0 Å². The lowest BCUT2D eigenvalue weighted by Gasteiger charge is -2.06. The Kier molecular flexibility index (Phi) is 2.17. The first-order valence-electron chi connectivity index (χ1n) is 4.55. The summed E-state index contributed by atoms with van der Waals surface area (Å²) in [6.45, 7) is 3.06. The average Bonchev–Trinajstić information content (AvgIpc) is 2.19. The fraction of sp³-hybridized carbons (Fsp3) is 0.167. The first-order chi connectivity index (χ1) is 6.42. The van der Waals surface area contributed by atoms with Gasteiger partial charge in [0.1, 0.15) is 0 Å². The fourth-order valence-electron chi connectivity index (χ4n) is 1.50. The number of hydrogen-bond acceptors (Lipinski definition) is 1. The third-order valence-electron chi connectivity index (χ3n) is 2.07. The second-order valence-electron chi connectivity index (χ2n) is 2.97. The standard InChI is InChI=1S/C12H12N/c1-2-13-12-9-5-7-10-6-3-4-8-11(10)12/h3-5,7-9,13H,2H2,1H3. The molecule has 13 heavy (non-hydrogen) atoms. The Morgan fingerprint density at radius 3 is 3.00 bits per heavy atom. The average molecular weight is 170 g/mol. The predicted octanol–water partition coefficient (Wildman–Crippen LogP) is 3.07. The zero-order chi connectivity index (χ0) is 9.10. The Morgan fingerprint density at radius 2 is 2.15 bits per heavy atom. The van der Waals surface area contributed by atoms with Crippen molar-refractivity contribution in [2.45, 2.75) is 6.92 Å². The van der Waals surface area contributed by atoms with Crippen LogP contribution in [0.15, 0.2) is 36.4 Å². The molecule has 2 aromatic rings. The molecule has 0 amide bonds. The third-order valence-corrected chi connectivity index (χ3v) is 2.07.